The molecule has 0 saturated heterocycles. The predicted octanol–water partition coefficient (Wildman–Crippen LogP) is 1.21. The van der Waals surface area contributed by atoms with E-state index in [1.165, 1.54) is 0 Å². The summed E-state index contributed by atoms with van der Waals surface area (Å²) < 4.78 is 45.7. The van der Waals surface area contributed by atoms with E-state index in [1.54, 1.807) is 17.9 Å². The van der Waals surface area contributed by atoms with E-state index in [1.807, 2.05) is 19.3 Å². The van der Waals surface area contributed by atoms with Crippen LogP contribution >= 0.6 is 0 Å². The van der Waals surface area contributed by atoms with Crippen LogP contribution in [-0.2, 0) is 7.05 Å². The SMILES string of the molecule is COc1nccc[n+]1C.F[B-](F)(F)F. The fourth-order valence-corrected chi connectivity index (χ4v) is 0.626. The lowest BCUT2D eigenvalue weighted by Gasteiger charge is -1.94. The lowest BCUT2D eigenvalue weighted by molar-refractivity contribution is -0.679. The molecule has 0 saturated carbocycles. The van der Waals surface area contributed by atoms with E-state index in [2.05, 4.69) is 4.98 Å². The van der Waals surface area contributed by atoms with Gasteiger partial charge in [-0.3, -0.25) is 0 Å². The first-order chi connectivity index (χ1) is 6.34. The summed E-state index contributed by atoms with van der Waals surface area (Å²) in [6.45, 7) is 0. The molecule has 1 rings (SSSR count). The first-order valence-electron chi connectivity index (χ1n) is 3.56. The monoisotopic (exact) mass is 212 g/mol. The molecule has 0 fully saturated rings. The highest BCUT2D eigenvalue weighted by atomic mass is 19.5. The molecule has 14 heavy (non-hydrogen) atoms. The second-order valence-electron chi connectivity index (χ2n) is 2.21. The molecular weight excluding hydrogens is 203 g/mol. The van der Waals surface area contributed by atoms with Crippen LogP contribution in [0.3, 0.4) is 0 Å². The number of aromatic nitrogens is 2. The van der Waals surface area contributed by atoms with Crippen LogP contribution in [0.4, 0.5) is 17.3 Å². The highest BCUT2D eigenvalue weighted by Gasteiger charge is 2.20. The molecule has 0 aromatic carbocycles. The van der Waals surface area contributed by atoms with Crippen molar-refractivity contribution in [3.8, 4) is 6.01 Å². The zero-order valence-electron chi connectivity index (χ0n) is 7.62. The average molecular weight is 212 g/mol. The minimum absolute atomic E-state index is 0.623. The first kappa shape index (κ1) is 12.7. The minimum Gasteiger partial charge on any atom is -0.431 e. The Morgan fingerprint density at radius 3 is 2.14 bits per heavy atom. The Morgan fingerprint density at radius 1 is 1.36 bits per heavy atom. The second kappa shape index (κ2) is 5.41. The molecule has 1 heterocycles. The molecule has 1 aromatic heterocycles. The van der Waals surface area contributed by atoms with E-state index < -0.39 is 7.25 Å². The molecular formula is C6H9BF4N2O. The van der Waals surface area contributed by atoms with E-state index in [4.69, 9.17) is 4.74 Å². The lowest BCUT2D eigenvalue weighted by Crippen LogP contribution is -2.30. The Morgan fingerprint density at radius 2 is 1.86 bits per heavy atom. The van der Waals surface area contributed by atoms with Crippen molar-refractivity contribution in [2.75, 3.05) is 7.11 Å². The summed E-state index contributed by atoms with van der Waals surface area (Å²) in [5.41, 5.74) is 0. The van der Waals surface area contributed by atoms with Crippen molar-refractivity contribution in [2.45, 2.75) is 0 Å². The number of aryl methyl sites for hydroxylation is 1. The molecule has 0 aliphatic heterocycles. The summed E-state index contributed by atoms with van der Waals surface area (Å²) in [7, 11) is -2.52. The number of methoxy groups -OCH3 is 1. The van der Waals surface area contributed by atoms with Gasteiger partial charge in [-0.15, -0.1) is 0 Å². The molecule has 0 N–H and O–H groups in total. The lowest BCUT2D eigenvalue weighted by atomic mass is 10.3. The van der Waals surface area contributed by atoms with Gasteiger partial charge in [0.1, 0.15) is 6.20 Å². The largest absolute Gasteiger partial charge is 0.673 e. The maximum atomic E-state index is 9.75. The molecule has 80 valence electrons. The molecule has 0 radical (unpaired) electrons. The van der Waals surface area contributed by atoms with Crippen LogP contribution in [0.15, 0.2) is 18.5 Å². The number of hydrogen-bond acceptors (Lipinski definition) is 2. The average Bonchev–Trinajstić information content (AvgIpc) is 2.02. The second-order valence-corrected chi connectivity index (χ2v) is 2.21. The zero-order chi connectivity index (χ0) is 11.2. The highest BCUT2D eigenvalue weighted by Crippen LogP contribution is 2.06. The van der Waals surface area contributed by atoms with Crippen LogP contribution in [0.5, 0.6) is 6.01 Å². The third kappa shape index (κ3) is 7.32. The van der Waals surface area contributed by atoms with Gasteiger partial charge in [-0.1, -0.05) is 0 Å². The van der Waals surface area contributed by atoms with Gasteiger partial charge in [0.05, 0.1) is 20.4 Å². The molecule has 8 heteroatoms. The molecule has 1 aromatic rings. The Kier molecular flexibility index (Phi) is 4.89. The van der Waals surface area contributed by atoms with Gasteiger partial charge in [-0.25, -0.2) is 4.57 Å². The van der Waals surface area contributed by atoms with Crippen LogP contribution in [-0.4, -0.2) is 19.3 Å². The van der Waals surface area contributed by atoms with Gasteiger partial charge in [0.2, 0.25) is 0 Å². The summed E-state index contributed by atoms with van der Waals surface area (Å²) in [6, 6.07) is 2.47. The Balaban J connectivity index is 0.000000292. The van der Waals surface area contributed by atoms with E-state index in [-0.39, 0.29) is 0 Å². The number of halogens is 4. The first-order valence-corrected chi connectivity index (χ1v) is 3.56. The van der Waals surface area contributed by atoms with Crippen molar-refractivity contribution in [3.63, 3.8) is 0 Å². The number of hydrogen-bond donors (Lipinski definition) is 0. The van der Waals surface area contributed by atoms with Crippen LogP contribution in [0.1, 0.15) is 0 Å². The smallest absolute Gasteiger partial charge is 0.431 e. The van der Waals surface area contributed by atoms with Gasteiger partial charge in [0.25, 0.3) is 0 Å². The predicted molar refractivity (Wildman–Crippen MR) is 42.2 cm³/mol. The van der Waals surface area contributed by atoms with Crippen LogP contribution < -0.4 is 9.30 Å². The van der Waals surface area contributed by atoms with Crippen LogP contribution in [0, 0.1) is 0 Å². The summed E-state index contributed by atoms with van der Waals surface area (Å²) >= 11 is 0. The van der Waals surface area contributed by atoms with E-state index in [9.17, 15) is 17.3 Å². The number of nitrogens with zero attached hydrogens (tertiary/aromatic N) is 2. The molecule has 0 aliphatic carbocycles. The standard InChI is InChI=1S/C6H9N2O.BF4/c1-8-5-3-4-7-6(8)9-2;2-1(3,4)5/h3-5H,1-2H3;/q+1;-1. The minimum atomic E-state index is -6.00. The number of rotatable bonds is 1. The summed E-state index contributed by atoms with van der Waals surface area (Å²) in [4.78, 5) is 3.94. The van der Waals surface area contributed by atoms with Gasteiger partial charge in [0, 0.05) is 6.07 Å². The Bertz CT molecular complexity index is 275. The van der Waals surface area contributed by atoms with Gasteiger partial charge in [-0.05, 0) is 4.98 Å². The quantitative estimate of drug-likeness (QED) is 0.397. The van der Waals surface area contributed by atoms with Gasteiger partial charge in [-0.2, -0.15) is 0 Å². The van der Waals surface area contributed by atoms with E-state index in [0.717, 1.165) is 0 Å². The van der Waals surface area contributed by atoms with Crippen molar-refractivity contribution in [1.29, 1.82) is 0 Å². The molecule has 0 unspecified atom stereocenters. The Labute approximate surface area is 78.4 Å². The van der Waals surface area contributed by atoms with Gasteiger partial charge >= 0.3 is 13.3 Å². The molecule has 0 spiro atoms. The van der Waals surface area contributed by atoms with Crippen molar-refractivity contribution in [1.82, 2.24) is 4.98 Å². The van der Waals surface area contributed by atoms with Crippen molar-refractivity contribution in [2.24, 2.45) is 7.05 Å². The normalized spacial score (nSPS) is 10.1. The van der Waals surface area contributed by atoms with Crippen LogP contribution in [0.2, 0.25) is 0 Å². The van der Waals surface area contributed by atoms with Crippen LogP contribution in [0.25, 0.3) is 0 Å². The van der Waals surface area contributed by atoms with Crippen molar-refractivity contribution in [3.05, 3.63) is 18.5 Å². The molecule has 0 amide bonds. The summed E-state index contributed by atoms with van der Waals surface area (Å²) in [5, 5.41) is 0. The zero-order valence-corrected chi connectivity index (χ0v) is 7.62. The fraction of sp³-hybridized carbons (Fsp3) is 0.333. The molecule has 0 aliphatic rings. The third-order valence-electron chi connectivity index (χ3n) is 1.07. The van der Waals surface area contributed by atoms with Crippen molar-refractivity contribution < 1.29 is 26.6 Å². The maximum Gasteiger partial charge on any atom is 0.673 e. The Hall–Kier alpha value is -1.34. The fourth-order valence-electron chi connectivity index (χ4n) is 0.626. The maximum absolute atomic E-state index is 9.75. The number of ether oxygens (including phenoxy) is 1. The topological polar surface area (TPSA) is 26.0 Å². The van der Waals surface area contributed by atoms with E-state index >= 15 is 0 Å². The molecule has 3 nitrogen and oxygen atoms in total. The van der Waals surface area contributed by atoms with Gasteiger partial charge < -0.3 is 22.0 Å². The molecule has 0 bridgehead atoms. The van der Waals surface area contributed by atoms with Crippen molar-refractivity contribution >= 4 is 7.25 Å². The molecule has 0 atom stereocenters. The van der Waals surface area contributed by atoms with Gasteiger partial charge in [0.15, 0.2) is 0 Å². The summed E-state index contributed by atoms with van der Waals surface area (Å²) in [5.74, 6) is 0. The third-order valence-corrected chi connectivity index (χ3v) is 1.07. The highest BCUT2D eigenvalue weighted by molar-refractivity contribution is 6.50. The summed E-state index contributed by atoms with van der Waals surface area (Å²) in [6.07, 6.45) is 3.57. The van der Waals surface area contributed by atoms with E-state index in [0.29, 0.717) is 6.01 Å².